The molecule has 114 valence electrons. The minimum Gasteiger partial charge on any atom is -0.398 e. The lowest BCUT2D eigenvalue weighted by Gasteiger charge is -2.10. The molecule has 0 amide bonds. The van der Waals surface area contributed by atoms with Gasteiger partial charge in [0.1, 0.15) is 4.90 Å². The van der Waals surface area contributed by atoms with Crippen LogP contribution < -0.4 is 10.5 Å². The van der Waals surface area contributed by atoms with Gasteiger partial charge in [0.25, 0.3) is 0 Å². The molecule has 0 aliphatic rings. The van der Waals surface area contributed by atoms with Crippen LogP contribution in [0.15, 0.2) is 41.8 Å². The molecule has 0 atom stereocenters. The Kier molecular flexibility index (Phi) is 5.22. The van der Waals surface area contributed by atoms with Gasteiger partial charge in [0.15, 0.2) is 0 Å². The number of benzene rings is 1. The van der Waals surface area contributed by atoms with Gasteiger partial charge < -0.3 is 10.3 Å². The Morgan fingerprint density at radius 3 is 2.81 bits per heavy atom. The zero-order chi connectivity index (χ0) is 15.3. The van der Waals surface area contributed by atoms with Gasteiger partial charge in [-0.25, -0.2) is 18.1 Å². The number of unbranched alkanes of at least 4 members (excludes halogenated alkanes) is 1. The van der Waals surface area contributed by atoms with E-state index in [4.69, 9.17) is 17.3 Å². The molecule has 6 nitrogen and oxygen atoms in total. The third-order valence-electron chi connectivity index (χ3n) is 2.96. The summed E-state index contributed by atoms with van der Waals surface area (Å²) in [5.41, 5.74) is 5.83. The lowest BCUT2D eigenvalue weighted by molar-refractivity contribution is 0.566. The van der Waals surface area contributed by atoms with Crippen molar-refractivity contribution in [3.05, 3.63) is 41.9 Å². The molecule has 0 fully saturated rings. The topological polar surface area (TPSA) is 90.0 Å². The van der Waals surface area contributed by atoms with Gasteiger partial charge in [0, 0.05) is 25.5 Å². The molecule has 1 aromatic heterocycles. The van der Waals surface area contributed by atoms with Gasteiger partial charge in [0.2, 0.25) is 10.0 Å². The molecule has 0 saturated heterocycles. The van der Waals surface area contributed by atoms with E-state index in [1.807, 2.05) is 10.8 Å². The van der Waals surface area contributed by atoms with Crippen molar-refractivity contribution in [1.82, 2.24) is 14.3 Å². The third-order valence-corrected chi connectivity index (χ3v) is 4.96. The predicted molar refractivity (Wildman–Crippen MR) is 82.5 cm³/mol. The normalized spacial score (nSPS) is 11.7. The third kappa shape index (κ3) is 4.20. The van der Waals surface area contributed by atoms with Crippen molar-refractivity contribution < 1.29 is 8.42 Å². The first-order valence-electron chi connectivity index (χ1n) is 6.50. The highest BCUT2D eigenvalue weighted by Gasteiger charge is 2.20. The van der Waals surface area contributed by atoms with E-state index >= 15 is 0 Å². The number of imidazole rings is 1. The van der Waals surface area contributed by atoms with Crippen LogP contribution in [0.3, 0.4) is 0 Å². The Morgan fingerprint density at radius 1 is 1.33 bits per heavy atom. The quantitative estimate of drug-likeness (QED) is 0.600. The molecular formula is C13H17ClN4O2S. The fourth-order valence-electron chi connectivity index (χ4n) is 1.93. The average Bonchev–Trinajstić information content (AvgIpc) is 2.91. The number of halogens is 1. The standard InChI is InChI=1S/C13H17ClN4O2S/c14-11-4-3-5-12(15)13(11)21(19,20)17-6-1-2-8-18-9-7-16-10-18/h3-5,7,9-10,17H,1-2,6,8,15H2. The zero-order valence-corrected chi connectivity index (χ0v) is 12.9. The smallest absolute Gasteiger partial charge is 0.244 e. The van der Waals surface area contributed by atoms with Crippen LogP contribution in [0, 0.1) is 0 Å². The first-order chi connectivity index (χ1) is 10.0. The van der Waals surface area contributed by atoms with Crippen molar-refractivity contribution in [2.45, 2.75) is 24.3 Å². The van der Waals surface area contributed by atoms with E-state index in [2.05, 4.69) is 9.71 Å². The monoisotopic (exact) mass is 328 g/mol. The molecule has 21 heavy (non-hydrogen) atoms. The first kappa shape index (κ1) is 15.8. The van der Waals surface area contributed by atoms with Crippen LogP contribution in [0.25, 0.3) is 0 Å². The number of aromatic nitrogens is 2. The van der Waals surface area contributed by atoms with Gasteiger partial charge in [-0.15, -0.1) is 0 Å². The number of nitrogens with one attached hydrogen (secondary N) is 1. The van der Waals surface area contributed by atoms with E-state index in [1.54, 1.807) is 18.6 Å². The summed E-state index contributed by atoms with van der Waals surface area (Å²) in [6.07, 6.45) is 6.87. The number of hydrogen-bond acceptors (Lipinski definition) is 4. The van der Waals surface area contributed by atoms with Crippen LogP contribution in [0.1, 0.15) is 12.8 Å². The van der Waals surface area contributed by atoms with Gasteiger partial charge in [-0.3, -0.25) is 0 Å². The summed E-state index contributed by atoms with van der Waals surface area (Å²) in [5, 5.41) is 0.126. The number of aryl methyl sites for hydroxylation is 1. The van der Waals surface area contributed by atoms with E-state index < -0.39 is 10.0 Å². The van der Waals surface area contributed by atoms with Crippen molar-refractivity contribution in [2.24, 2.45) is 0 Å². The Hall–Kier alpha value is -1.57. The Bertz CT molecular complexity index is 666. The molecule has 0 unspecified atom stereocenters. The number of anilines is 1. The number of nitrogen functional groups attached to an aromatic ring is 1. The SMILES string of the molecule is Nc1cccc(Cl)c1S(=O)(=O)NCCCCn1ccnc1. The van der Waals surface area contributed by atoms with Gasteiger partial charge in [-0.2, -0.15) is 0 Å². The lowest BCUT2D eigenvalue weighted by atomic mass is 10.3. The van der Waals surface area contributed by atoms with E-state index in [9.17, 15) is 8.42 Å². The molecule has 0 aliphatic heterocycles. The molecule has 2 rings (SSSR count). The number of hydrogen-bond donors (Lipinski definition) is 2. The largest absolute Gasteiger partial charge is 0.398 e. The molecule has 8 heteroatoms. The second kappa shape index (κ2) is 6.93. The maximum absolute atomic E-state index is 12.2. The summed E-state index contributed by atoms with van der Waals surface area (Å²) in [5.74, 6) is 0. The number of sulfonamides is 1. The molecular weight excluding hydrogens is 312 g/mol. The van der Waals surface area contributed by atoms with Crippen molar-refractivity contribution in [1.29, 1.82) is 0 Å². The van der Waals surface area contributed by atoms with Crippen LogP contribution in [-0.4, -0.2) is 24.5 Å². The second-order valence-electron chi connectivity index (χ2n) is 4.56. The summed E-state index contributed by atoms with van der Waals surface area (Å²) < 4.78 is 28.8. The van der Waals surface area contributed by atoms with E-state index in [-0.39, 0.29) is 15.6 Å². The van der Waals surface area contributed by atoms with E-state index in [0.29, 0.717) is 13.0 Å². The van der Waals surface area contributed by atoms with Crippen LogP contribution in [0.5, 0.6) is 0 Å². The number of nitrogens with two attached hydrogens (primary N) is 1. The van der Waals surface area contributed by atoms with Crippen LogP contribution in [0.2, 0.25) is 5.02 Å². The molecule has 0 spiro atoms. The fraction of sp³-hybridized carbons (Fsp3) is 0.308. The molecule has 1 heterocycles. The van der Waals surface area contributed by atoms with Crippen molar-refractivity contribution in [3.63, 3.8) is 0 Å². The summed E-state index contributed by atoms with van der Waals surface area (Å²) in [6, 6.07) is 4.63. The van der Waals surface area contributed by atoms with E-state index in [1.165, 1.54) is 12.1 Å². The molecule has 3 N–H and O–H groups in total. The molecule has 0 radical (unpaired) electrons. The van der Waals surface area contributed by atoms with E-state index in [0.717, 1.165) is 13.0 Å². The van der Waals surface area contributed by atoms with Crippen molar-refractivity contribution in [3.8, 4) is 0 Å². The van der Waals surface area contributed by atoms with Gasteiger partial charge in [0.05, 0.1) is 17.0 Å². The van der Waals surface area contributed by atoms with Gasteiger partial charge in [-0.05, 0) is 25.0 Å². The molecule has 1 aromatic carbocycles. The Balaban J connectivity index is 1.87. The number of rotatable bonds is 7. The fourth-order valence-corrected chi connectivity index (χ4v) is 3.67. The van der Waals surface area contributed by atoms with Crippen LogP contribution in [0.4, 0.5) is 5.69 Å². The number of nitrogens with zero attached hydrogens (tertiary/aromatic N) is 2. The average molecular weight is 329 g/mol. The van der Waals surface area contributed by atoms with Crippen molar-refractivity contribution in [2.75, 3.05) is 12.3 Å². The maximum Gasteiger partial charge on any atom is 0.244 e. The summed E-state index contributed by atoms with van der Waals surface area (Å²) >= 11 is 5.91. The maximum atomic E-state index is 12.2. The highest BCUT2D eigenvalue weighted by molar-refractivity contribution is 7.89. The Morgan fingerprint density at radius 2 is 2.14 bits per heavy atom. The second-order valence-corrected chi connectivity index (χ2v) is 6.67. The molecule has 2 aromatic rings. The zero-order valence-electron chi connectivity index (χ0n) is 11.4. The van der Waals surface area contributed by atoms with Crippen LogP contribution in [-0.2, 0) is 16.6 Å². The summed E-state index contributed by atoms with van der Waals surface area (Å²) in [7, 11) is -3.68. The lowest BCUT2D eigenvalue weighted by Crippen LogP contribution is -2.26. The first-order valence-corrected chi connectivity index (χ1v) is 8.36. The Labute approximate surface area is 129 Å². The molecule has 0 bridgehead atoms. The highest BCUT2D eigenvalue weighted by atomic mass is 35.5. The predicted octanol–water partition coefficient (Wildman–Crippen LogP) is 1.88. The highest BCUT2D eigenvalue weighted by Crippen LogP contribution is 2.26. The summed E-state index contributed by atoms with van der Waals surface area (Å²) in [6.45, 7) is 1.14. The van der Waals surface area contributed by atoms with Gasteiger partial charge in [-0.1, -0.05) is 17.7 Å². The van der Waals surface area contributed by atoms with Crippen LogP contribution >= 0.6 is 11.6 Å². The summed E-state index contributed by atoms with van der Waals surface area (Å²) in [4.78, 5) is 3.89. The molecule has 0 saturated carbocycles. The molecule has 0 aliphatic carbocycles. The minimum absolute atomic E-state index is 0.0544. The van der Waals surface area contributed by atoms with Crippen molar-refractivity contribution >= 4 is 27.3 Å². The minimum atomic E-state index is -3.68. The van der Waals surface area contributed by atoms with Gasteiger partial charge >= 0.3 is 0 Å².